The number of rotatable bonds is 20. The van der Waals surface area contributed by atoms with E-state index in [0.717, 1.165) is 0 Å². The minimum Gasteiger partial charge on any atom is -0.481 e. The summed E-state index contributed by atoms with van der Waals surface area (Å²) < 4.78 is 0. The molecule has 0 heterocycles. The summed E-state index contributed by atoms with van der Waals surface area (Å²) in [7, 11) is 0. The van der Waals surface area contributed by atoms with Crippen LogP contribution in [0.2, 0.25) is 0 Å². The van der Waals surface area contributed by atoms with Crippen LogP contribution in [0.1, 0.15) is 64.2 Å². The maximum absolute atomic E-state index is 11.0. The lowest BCUT2D eigenvalue weighted by Gasteiger charge is -2.58. The van der Waals surface area contributed by atoms with Crippen LogP contribution >= 0.6 is 37.9 Å². The van der Waals surface area contributed by atoms with Crippen molar-refractivity contribution in [3.05, 3.63) is 0 Å². The Hall–Kier alpha value is -0.660. The summed E-state index contributed by atoms with van der Waals surface area (Å²) in [5.74, 6) is -2.96. The normalized spacial score (nSPS) is 16.5. The van der Waals surface area contributed by atoms with E-state index in [4.69, 9.17) is 53.2 Å². The van der Waals surface area contributed by atoms with Crippen LogP contribution in [-0.4, -0.2) is 84.1 Å². The number of aliphatic carboxylic acids is 3. The van der Waals surface area contributed by atoms with Crippen LogP contribution in [0.4, 0.5) is 0 Å². The molecule has 0 aromatic rings. The van der Waals surface area contributed by atoms with Gasteiger partial charge in [0.1, 0.15) is 0 Å². The van der Waals surface area contributed by atoms with Gasteiger partial charge < -0.3 is 30.6 Å². The molecule has 6 N–H and O–H groups in total. The van der Waals surface area contributed by atoms with E-state index in [0.29, 0.717) is 0 Å². The van der Waals surface area contributed by atoms with Gasteiger partial charge in [-0.3, -0.25) is 14.4 Å². The van der Waals surface area contributed by atoms with Crippen molar-refractivity contribution >= 4 is 55.8 Å². The van der Waals surface area contributed by atoms with Crippen molar-refractivity contribution in [2.45, 2.75) is 80.0 Å². The van der Waals surface area contributed by atoms with Crippen molar-refractivity contribution in [1.29, 1.82) is 0 Å². The van der Waals surface area contributed by atoms with E-state index in [-0.39, 0.29) is 70.8 Å². The number of carbonyl (C=O) groups is 3. The molecule has 33 heavy (non-hydrogen) atoms. The molecule has 0 saturated heterocycles. The van der Waals surface area contributed by atoms with Gasteiger partial charge in [-0.1, -0.05) is 0 Å². The summed E-state index contributed by atoms with van der Waals surface area (Å²) in [6, 6.07) is 0. The van der Waals surface area contributed by atoms with E-state index in [2.05, 4.69) is 0 Å². The smallest absolute Gasteiger partial charge is 0.303 e. The van der Waals surface area contributed by atoms with Crippen molar-refractivity contribution < 1.29 is 45.0 Å². The van der Waals surface area contributed by atoms with Crippen LogP contribution < -0.4 is 0 Å². The van der Waals surface area contributed by atoms with Crippen LogP contribution in [0.25, 0.3) is 0 Å². The van der Waals surface area contributed by atoms with Crippen LogP contribution in [0.5, 0.6) is 0 Å². The van der Waals surface area contributed by atoms with E-state index in [1.165, 1.54) is 0 Å². The number of carboxylic acid groups (broad SMARTS) is 3. The molecule has 0 aromatic heterocycles. The van der Waals surface area contributed by atoms with E-state index in [9.17, 15) is 29.7 Å². The zero-order valence-corrected chi connectivity index (χ0v) is 21.4. The average molecular weight is 531 g/mol. The molecule has 0 rings (SSSR count). The highest BCUT2D eigenvalue weighted by Crippen LogP contribution is 2.57. The first-order chi connectivity index (χ1) is 15.4. The summed E-state index contributed by atoms with van der Waals surface area (Å²) in [6.45, 7) is -1.47. The predicted molar refractivity (Wildman–Crippen MR) is 134 cm³/mol. The fourth-order valence-corrected chi connectivity index (χ4v) is 7.50. The van der Waals surface area contributed by atoms with Gasteiger partial charge in [0.2, 0.25) is 0 Å². The number of hydrogen-bond donors (Lipinski definition) is 9. The molecule has 0 spiro atoms. The van der Waals surface area contributed by atoms with Crippen molar-refractivity contribution in [1.82, 2.24) is 0 Å². The largest absolute Gasteiger partial charge is 0.481 e. The van der Waals surface area contributed by atoms with Crippen LogP contribution in [0.15, 0.2) is 0 Å². The Bertz CT molecular complexity index is 549. The molecule has 9 nitrogen and oxygen atoms in total. The second kappa shape index (κ2) is 16.1. The third-order valence-electron chi connectivity index (χ3n) is 6.37. The molecule has 194 valence electrons. The standard InChI is InChI=1S/C21H38O9S3/c22-11-10-20(12-23,13-24)21(14(31)4-1-7-17(25)26,15(32)5-2-8-18(27)28)16(33)6-3-9-19(29)30/h14-16,22-24,31-33H,1-13H2,(H,25,26)(H,27,28)(H,29,30). The molecule has 12 heteroatoms. The number of aliphatic hydroxyl groups is 3. The Morgan fingerprint density at radius 2 is 0.939 bits per heavy atom. The number of aliphatic hydroxyl groups excluding tert-OH is 3. The Balaban J connectivity index is 6.47. The van der Waals surface area contributed by atoms with Crippen molar-refractivity contribution in [2.75, 3.05) is 19.8 Å². The van der Waals surface area contributed by atoms with Crippen molar-refractivity contribution in [3.63, 3.8) is 0 Å². The molecule has 0 aliphatic carbocycles. The molecule has 0 aromatic carbocycles. The van der Waals surface area contributed by atoms with E-state index in [1.807, 2.05) is 0 Å². The lowest BCUT2D eigenvalue weighted by atomic mass is 9.54. The maximum atomic E-state index is 11.0. The molecule has 0 amide bonds. The molecule has 3 unspecified atom stereocenters. The molecule has 0 bridgehead atoms. The fraction of sp³-hybridized carbons (Fsp3) is 0.857. The Morgan fingerprint density at radius 3 is 1.15 bits per heavy atom. The maximum Gasteiger partial charge on any atom is 0.303 e. The predicted octanol–water partition coefficient (Wildman–Crippen LogP) is 1.99. The van der Waals surface area contributed by atoms with Crippen molar-refractivity contribution in [2.24, 2.45) is 10.8 Å². The molecule has 0 saturated carbocycles. The minimum absolute atomic E-state index is 0.0258. The van der Waals surface area contributed by atoms with Crippen LogP contribution in [0, 0.1) is 10.8 Å². The molecule has 3 atom stereocenters. The van der Waals surface area contributed by atoms with E-state index >= 15 is 0 Å². The molecule has 0 fully saturated rings. The SMILES string of the molecule is O=C(O)CCCC(S)C(C(S)CCCC(=O)O)(C(S)CCCC(=O)O)C(CO)(CO)CCO. The quantitative estimate of drug-likeness (QED) is 0.107. The van der Waals surface area contributed by atoms with E-state index in [1.54, 1.807) is 0 Å². The van der Waals surface area contributed by atoms with Gasteiger partial charge >= 0.3 is 17.9 Å². The molecular formula is C21H38O9S3. The highest BCUT2D eigenvalue weighted by molar-refractivity contribution is 7.83. The Kier molecular flexibility index (Phi) is 15.8. The zero-order chi connectivity index (χ0) is 25.7. The topological polar surface area (TPSA) is 173 Å². The summed E-state index contributed by atoms with van der Waals surface area (Å²) in [4.78, 5) is 33.1. The van der Waals surface area contributed by atoms with Gasteiger partial charge in [0.25, 0.3) is 0 Å². The van der Waals surface area contributed by atoms with Gasteiger partial charge in [-0.2, -0.15) is 37.9 Å². The van der Waals surface area contributed by atoms with Gasteiger partial charge in [0, 0.05) is 52.4 Å². The third-order valence-corrected chi connectivity index (χ3v) is 8.43. The highest BCUT2D eigenvalue weighted by Gasteiger charge is 2.59. The molecule has 0 aliphatic rings. The lowest BCUT2D eigenvalue weighted by molar-refractivity contribution is -0.138. The highest BCUT2D eigenvalue weighted by atomic mass is 32.1. The second-order valence-electron chi connectivity index (χ2n) is 8.41. The average Bonchev–Trinajstić information content (AvgIpc) is 2.72. The summed E-state index contributed by atoms with van der Waals surface area (Å²) in [6.07, 6.45) is 1.19. The van der Waals surface area contributed by atoms with Gasteiger partial charge in [-0.05, 0) is 44.9 Å². The first-order valence-corrected chi connectivity index (χ1v) is 12.5. The molecule has 0 radical (unpaired) electrons. The number of thiol groups is 3. The second-order valence-corrected chi connectivity index (χ2v) is 10.3. The van der Waals surface area contributed by atoms with Crippen LogP contribution in [0.3, 0.4) is 0 Å². The van der Waals surface area contributed by atoms with Crippen molar-refractivity contribution in [3.8, 4) is 0 Å². The van der Waals surface area contributed by atoms with Crippen LogP contribution in [-0.2, 0) is 14.4 Å². The number of hydrogen-bond acceptors (Lipinski definition) is 9. The molecule has 0 aliphatic heterocycles. The zero-order valence-electron chi connectivity index (χ0n) is 18.7. The summed E-state index contributed by atoms with van der Waals surface area (Å²) in [5.41, 5.74) is -2.52. The van der Waals surface area contributed by atoms with Gasteiger partial charge in [-0.15, -0.1) is 0 Å². The first-order valence-electron chi connectivity index (χ1n) is 11.0. The fourth-order valence-electron chi connectivity index (χ4n) is 4.70. The van der Waals surface area contributed by atoms with Gasteiger partial charge in [0.15, 0.2) is 0 Å². The minimum atomic E-state index is -1.33. The monoisotopic (exact) mass is 530 g/mol. The third kappa shape index (κ3) is 9.14. The van der Waals surface area contributed by atoms with Gasteiger partial charge in [-0.25, -0.2) is 0 Å². The summed E-state index contributed by atoms with van der Waals surface area (Å²) >= 11 is 14.4. The number of carboxylic acids is 3. The Labute approximate surface area is 211 Å². The van der Waals surface area contributed by atoms with E-state index < -0.39 is 57.7 Å². The summed E-state index contributed by atoms with van der Waals surface area (Å²) in [5, 5.41) is 56.0. The Morgan fingerprint density at radius 1 is 0.636 bits per heavy atom. The van der Waals surface area contributed by atoms with Gasteiger partial charge in [0.05, 0.1) is 13.2 Å². The lowest BCUT2D eigenvalue weighted by Crippen LogP contribution is -2.62. The first kappa shape index (κ1) is 32.3. The molecular weight excluding hydrogens is 492 g/mol.